The second-order valence-corrected chi connectivity index (χ2v) is 4.07. The molecule has 0 aliphatic carbocycles. The Morgan fingerprint density at radius 3 is 2.67 bits per heavy atom. The van der Waals surface area contributed by atoms with Crippen LogP contribution in [-0.2, 0) is 0 Å². The summed E-state index contributed by atoms with van der Waals surface area (Å²) >= 11 is 0. The van der Waals surface area contributed by atoms with Crippen molar-refractivity contribution in [3.05, 3.63) is 57.5 Å². The van der Waals surface area contributed by atoms with Crippen LogP contribution in [0, 0.1) is 13.8 Å². The maximum atomic E-state index is 11.3. The van der Waals surface area contributed by atoms with E-state index in [-0.39, 0.29) is 0 Å². The summed E-state index contributed by atoms with van der Waals surface area (Å²) in [7, 11) is 0. The average Bonchev–Trinajstić information content (AvgIpc) is 2.33. The topological polar surface area (TPSA) is 72.2 Å². The van der Waals surface area contributed by atoms with Gasteiger partial charge < -0.3 is 5.11 Å². The second kappa shape index (κ2) is 4.44. The molecule has 92 valence electrons. The SMILES string of the molecule is Cc1ccc(C)c(-n2ccc(=O)c(C(=O)O)n2)c1. The fourth-order valence-corrected chi connectivity index (χ4v) is 1.66. The Morgan fingerprint density at radius 1 is 1.28 bits per heavy atom. The van der Waals surface area contributed by atoms with E-state index in [0.29, 0.717) is 0 Å². The van der Waals surface area contributed by atoms with Crippen LogP contribution in [0.2, 0.25) is 0 Å². The van der Waals surface area contributed by atoms with E-state index in [4.69, 9.17) is 5.11 Å². The van der Waals surface area contributed by atoms with Crippen LogP contribution in [0.15, 0.2) is 35.3 Å². The summed E-state index contributed by atoms with van der Waals surface area (Å²) in [6.45, 7) is 3.83. The molecule has 0 saturated heterocycles. The van der Waals surface area contributed by atoms with E-state index in [9.17, 15) is 9.59 Å². The Labute approximate surface area is 103 Å². The van der Waals surface area contributed by atoms with Crippen molar-refractivity contribution in [2.45, 2.75) is 13.8 Å². The second-order valence-electron chi connectivity index (χ2n) is 4.07. The van der Waals surface area contributed by atoms with Gasteiger partial charge in [0.25, 0.3) is 0 Å². The number of benzene rings is 1. The van der Waals surface area contributed by atoms with Gasteiger partial charge >= 0.3 is 5.97 Å². The van der Waals surface area contributed by atoms with Gasteiger partial charge in [-0.2, -0.15) is 5.10 Å². The summed E-state index contributed by atoms with van der Waals surface area (Å²) in [5, 5.41) is 12.7. The van der Waals surface area contributed by atoms with Crippen molar-refractivity contribution in [1.29, 1.82) is 0 Å². The third kappa shape index (κ3) is 2.15. The molecule has 0 atom stereocenters. The monoisotopic (exact) mass is 244 g/mol. The van der Waals surface area contributed by atoms with Crippen molar-refractivity contribution >= 4 is 5.97 Å². The van der Waals surface area contributed by atoms with Crippen molar-refractivity contribution in [2.75, 3.05) is 0 Å². The Morgan fingerprint density at radius 2 is 2.00 bits per heavy atom. The number of aromatic nitrogens is 2. The van der Waals surface area contributed by atoms with Gasteiger partial charge in [0.1, 0.15) is 0 Å². The van der Waals surface area contributed by atoms with Crippen LogP contribution in [0.5, 0.6) is 0 Å². The smallest absolute Gasteiger partial charge is 0.360 e. The molecule has 5 nitrogen and oxygen atoms in total. The minimum Gasteiger partial charge on any atom is -0.476 e. The van der Waals surface area contributed by atoms with Gasteiger partial charge in [0, 0.05) is 12.3 Å². The van der Waals surface area contributed by atoms with Crippen LogP contribution in [0.1, 0.15) is 21.6 Å². The fourth-order valence-electron chi connectivity index (χ4n) is 1.66. The van der Waals surface area contributed by atoms with E-state index in [0.717, 1.165) is 16.8 Å². The highest BCUT2D eigenvalue weighted by molar-refractivity contribution is 5.84. The lowest BCUT2D eigenvalue weighted by atomic mass is 10.1. The molecule has 2 aromatic rings. The van der Waals surface area contributed by atoms with Gasteiger partial charge in [-0.3, -0.25) is 4.79 Å². The summed E-state index contributed by atoms with van der Waals surface area (Å²) in [6.07, 6.45) is 1.47. The van der Waals surface area contributed by atoms with Crippen LogP contribution in [0.4, 0.5) is 0 Å². The van der Waals surface area contributed by atoms with Gasteiger partial charge in [0.15, 0.2) is 0 Å². The summed E-state index contributed by atoms with van der Waals surface area (Å²) in [5.41, 5.74) is 1.68. The quantitative estimate of drug-likeness (QED) is 0.869. The summed E-state index contributed by atoms with van der Waals surface area (Å²) < 4.78 is 1.41. The predicted octanol–water partition coefficient (Wildman–Crippen LogP) is 1.55. The number of carboxylic acid groups (broad SMARTS) is 1. The van der Waals surface area contributed by atoms with Gasteiger partial charge in [0.05, 0.1) is 5.69 Å². The lowest BCUT2D eigenvalue weighted by Gasteiger charge is -2.09. The molecule has 0 aliphatic heterocycles. The van der Waals surface area contributed by atoms with Gasteiger partial charge in [-0.15, -0.1) is 0 Å². The normalized spacial score (nSPS) is 10.3. The third-order valence-corrected chi connectivity index (χ3v) is 2.62. The minimum atomic E-state index is -1.32. The molecule has 0 spiro atoms. The Balaban J connectivity index is 2.65. The first-order chi connectivity index (χ1) is 8.49. The zero-order valence-electron chi connectivity index (χ0n) is 10.0. The number of hydrogen-bond donors (Lipinski definition) is 1. The zero-order valence-corrected chi connectivity index (χ0v) is 10.0. The molecule has 5 heteroatoms. The van der Waals surface area contributed by atoms with Crippen molar-refractivity contribution in [1.82, 2.24) is 9.78 Å². The van der Waals surface area contributed by atoms with Crippen molar-refractivity contribution in [2.24, 2.45) is 0 Å². The predicted molar refractivity (Wildman–Crippen MR) is 66.3 cm³/mol. The molecule has 2 rings (SSSR count). The molecular formula is C13H12N2O3. The van der Waals surface area contributed by atoms with E-state index in [1.54, 1.807) is 0 Å². The van der Waals surface area contributed by atoms with Crippen molar-refractivity contribution < 1.29 is 9.90 Å². The van der Waals surface area contributed by atoms with Gasteiger partial charge in [0.2, 0.25) is 11.1 Å². The number of nitrogens with zero attached hydrogens (tertiary/aromatic N) is 2. The van der Waals surface area contributed by atoms with Crippen LogP contribution >= 0.6 is 0 Å². The Hall–Kier alpha value is -2.43. The standard InChI is InChI=1S/C13H12N2O3/c1-8-3-4-9(2)10(7-8)15-6-5-11(16)12(14-15)13(17)18/h3-7H,1-2H3,(H,17,18). The lowest BCUT2D eigenvalue weighted by Crippen LogP contribution is -2.20. The first-order valence-electron chi connectivity index (χ1n) is 5.40. The first-order valence-corrected chi connectivity index (χ1v) is 5.40. The van der Waals surface area contributed by atoms with E-state index < -0.39 is 17.1 Å². The number of aromatic carboxylic acids is 1. The molecule has 18 heavy (non-hydrogen) atoms. The van der Waals surface area contributed by atoms with Gasteiger partial charge in [-0.25, -0.2) is 9.48 Å². The molecule has 1 aromatic heterocycles. The fraction of sp³-hybridized carbons (Fsp3) is 0.154. The van der Waals surface area contributed by atoms with Crippen molar-refractivity contribution in [3.63, 3.8) is 0 Å². The molecule has 0 aliphatic rings. The van der Waals surface area contributed by atoms with E-state index in [2.05, 4.69) is 5.10 Å². The average molecular weight is 244 g/mol. The van der Waals surface area contributed by atoms with Crippen LogP contribution in [0.3, 0.4) is 0 Å². The molecular weight excluding hydrogens is 232 g/mol. The number of carbonyl (C=O) groups is 1. The number of carboxylic acids is 1. The van der Waals surface area contributed by atoms with E-state index in [1.165, 1.54) is 16.9 Å². The van der Waals surface area contributed by atoms with Crippen LogP contribution in [-0.4, -0.2) is 20.9 Å². The molecule has 0 radical (unpaired) electrons. The summed E-state index contributed by atoms with van der Waals surface area (Å²) in [4.78, 5) is 22.2. The number of rotatable bonds is 2. The number of hydrogen-bond acceptors (Lipinski definition) is 3. The van der Waals surface area contributed by atoms with E-state index >= 15 is 0 Å². The zero-order chi connectivity index (χ0) is 13.3. The highest BCUT2D eigenvalue weighted by Crippen LogP contribution is 2.14. The molecule has 0 fully saturated rings. The maximum Gasteiger partial charge on any atom is 0.360 e. The molecule has 0 amide bonds. The molecule has 0 bridgehead atoms. The molecule has 1 N–H and O–H groups in total. The van der Waals surface area contributed by atoms with E-state index in [1.807, 2.05) is 32.0 Å². The van der Waals surface area contributed by atoms with Gasteiger partial charge in [-0.1, -0.05) is 12.1 Å². The maximum absolute atomic E-state index is 11.3. The Bertz CT molecular complexity index is 674. The third-order valence-electron chi connectivity index (χ3n) is 2.62. The number of aryl methyl sites for hydroxylation is 2. The van der Waals surface area contributed by atoms with Crippen LogP contribution < -0.4 is 5.43 Å². The molecule has 1 aromatic carbocycles. The van der Waals surface area contributed by atoms with Crippen LogP contribution in [0.25, 0.3) is 5.69 Å². The largest absolute Gasteiger partial charge is 0.476 e. The summed E-state index contributed by atoms with van der Waals surface area (Å²) in [5.74, 6) is -1.32. The van der Waals surface area contributed by atoms with Gasteiger partial charge in [-0.05, 0) is 31.0 Å². The summed E-state index contributed by atoms with van der Waals surface area (Å²) in [6, 6.07) is 6.97. The Kier molecular flexibility index (Phi) is 2.97. The molecule has 1 heterocycles. The highest BCUT2D eigenvalue weighted by Gasteiger charge is 2.12. The molecule has 0 unspecified atom stereocenters. The first kappa shape index (κ1) is 12.0. The van der Waals surface area contributed by atoms with Crippen molar-refractivity contribution in [3.8, 4) is 5.69 Å². The minimum absolute atomic E-state index is 0.474. The lowest BCUT2D eigenvalue weighted by molar-refractivity contribution is 0.0687. The highest BCUT2D eigenvalue weighted by atomic mass is 16.4. The molecule has 0 saturated carbocycles.